The fourth-order valence-corrected chi connectivity index (χ4v) is 13.0. The number of hydrogen-bond acceptors (Lipinski definition) is 5. The van der Waals surface area contributed by atoms with Crippen molar-refractivity contribution in [3.8, 4) is 16.8 Å². The number of nitrogens with one attached hydrogen (secondary N) is 2. The Bertz CT molecular complexity index is 3400. The molecule has 2 N–H and O–H groups in total. The minimum atomic E-state index is -0.256. The quantitative estimate of drug-likeness (QED) is 0.160. The first-order chi connectivity index (χ1) is 33.7. The van der Waals surface area contributed by atoms with E-state index in [0.717, 1.165) is 48.2 Å². The molecule has 6 atom stereocenters. The molecule has 1 aromatic heterocycles. The number of aromatic nitrogens is 1. The van der Waals surface area contributed by atoms with Crippen LogP contribution in [-0.4, -0.2) is 22.8 Å². The Morgan fingerprint density at radius 1 is 0.662 bits per heavy atom. The molecule has 4 heterocycles. The Morgan fingerprint density at radius 2 is 1.38 bits per heavy atom. The van der Waals surface area contributed by atoms with Gasteiger partial charge in [0.05, 0.1) is 17.5 Å². The van der Waals surface area contributed by atoms with Crippen LogP contribution in [-0.2, 0) is 0 Å². The van der Waals surface area contributed by atoms with Gasteiger partial charge in [0.25, 0.3) is 0 Å². The normalized spacial score (nSPS) is 23.1. The van der Waals surface area contributed by atoms with E-state index in [-0.39, 0.29) is 35.5 Å². The van der Waals surface area contributed by atoms with Crippen molar-refractivity contribution in [1.29, 1.82) is 0 Å². The molecule has 6 heteroatoms. The zero-order chi connectivity index (χ0) is 45.0. The van der Waals surface area contributed by atoms with Crippen molar-refractivity contribution in [3.63, 3.8) is 0 Å². The van der Waals surface area contributed by atoms with Gasteiger partial charge in [-0.1, -0.05) is 176 Å². The molecule has 0 radical (unpaired) electrons. The molecule has 330 valence electrons. The third kappa shape index (κ3) is 7.31. The summed E-state index contributed by atoms with van der Waals surface area (Å²) in [6, 6.07) is 57.0. The minimum absolute atomic E-state index is 0.0957. The SMILES string of the molecule is C1=CCCC(c2cc(C3=CC(C4NC(c5ccccc5)=NC(c5ccccc5)N4)C(c4cccc5c4SC4c6c(c7c(n6-c6ccccc6)=CCCC=7)C=CC54)N=C3)cc(-c3ccccc3)c2)=C1. The topological polar surface area (TPSA) is 53.7 Å². The number of thioether (sulfide) groups is 1. The summed E-state index contributed by atoms with van der Waals surface area (Å²) in [5.41, 5.74) is 16.2. The summed E-state index contributed by atoms with van der Waals surface area (Å²) in [7, 11) is 0. The smallest absolute Gasteiger partial charge is 0.131 e. The summed E-state index contributed by atoms with van der Waals surface area (Å²) in [6.45, 7) is 0. The highest BCUT2D eigenvalue weighted by Gasteiger charge is 2.43. The number of nitrogens with zero attached hydrogens (tertiary/aromatic N) is 3. The van der Waals surface area contributed by atoms with Crippen LogP contribution in [0.3, 0.4) is 0 Å². The molecule has 13 rings (SSSR count). The zero-order valence-corrected chi connectivity index (χ0v) is 38.6. The molecule has 0 amide bonds. The monoisotopic (exact) mass is 897 g/mol. The van der Waals surface area contributed by atoms with Crippen molar-refractivity contribution in [3.05, 3.63) is 243 Å². The molecular weight excluding hydrogens is 847 g/mol. The second kappa shape index (κ2) is 17.4. The number of rotatable bonds is 8. The number of hydrogen-bond donors (Lipinski definition) is 2. The molecule has 68 heavy (non-hydrogen) atoms. The third-order valence-corrected chi connectivity index (χ3v) is 16.0. The highest BCUT2D eigenvalue weighted by atomic mass is 32.2. The van der Waals surface area contributed by atoms with Gasteiger partial charge in [-0.15, -0.1) is 11.8 Å². The average molecular weight is 898 g/mol. The molecule has 6 unspecified atom stereocenters. The van der Waals surface area contributed by atoms with Crippen LogP contribution in [0.1, 0.15) is 93.7 Å². The zero-order valence-electron chi connectivity index (χ0n) is 37.7. The molecule has 0 bridgehead atoms. The standard InChI is InChI=1S/C62H51N5S/c1-6-19-40(20-7-1)44-35-45(41-21-8-2-9-22-41)37-46(36-44)47-38-54(62-65-60(42-23-10-3-11-24-42)64-61(66-62)43-25-12-4-13-26-43)56(63-39-47)53-31-18-30-51-52-34-33-50-49-29-16-17-32-55(49)67(48-27-14-5-15-28-48)57(50)59(52)68-58(51)53/h1-8,10-15,18-21,23-39,52,54,56,59-60,62,65H,9,16-17,22H2,(H,64,66). The number of amidine groups is 1. The van der Waals surface area contributed by atoms with Gasteiger partial charge in [0.15, 0.2) is 0 Å². The van der Waals surface area contributed by atoms with E-state index in [1.54, 1.807) is 0 Å². The first-order valence-electron chi connectivity index (χ1n) is 24.2. The third-order valence-electron chi connectivity index (χ3n) is 14.6. The first kappa shape index (κ1) is 41.0. The van der Waals surface area contributed by atoms with E-state index in [2.05, 4.69) is 228 Å². The van der Waals surface area contributed by atoms with Crippen LogP contribution in [0.15, 0.2) is 203 Å². The van der Waals surface area contributed by atoms with Crippen LogP contribution >= 0.6 is 11.8 Å². The Balaban J connectivity index is 0.954. The van der Waals surface area contributed by atoms with Crippen molar-refractivity contribution in [2.24, 2.45) is 15.9 Å². The minimum Gasteiger partial charge on any atom is -0.354 e. The summed E-state index contributed by atoms with van der Waals surface area (Å²) in [5, 5.41) is 10.9. The molecule has 5 nitrogen and oxygen atoms in total. The maximum Gasteiger partial charge on any atom is 0.131 e. The van der Waals surface area contributed by atoms with Gasteiger partial charge in [-0.2, -0.15) is 0 Å². The Hall–Kier alpha value is -7.25. The van der Waals surface area contributed by atoms with Crippen LogP contribution < -0.4 is 21.2 Å². The highest BCUT2D eigenvalue weighted by molar-refractivity contribution is 8.00. The second-order valence-corrected chi connectivity index (χ2v) is 19.8. The van der Waals surface area contributed by atoms with E-state index in [9.17, 15) is 0 Å². The number of allylic oxidation sites excluding steroid dienone is 6. The molecule has 0 spiro atoms. The van der Waals surface area contributed by atoms with Gasteiger partial charge in [0.2, 0.25) is 0 Å². The number of dihydropyridines is 1. The van der Waals surface area contributed by atoms with Gasteiger partial charge in [-0.3, -0.25) is 10.3 Å². The number of para-hydroxylation sites is 1. The summed E-state index contributed by atoms with van der Waals surface area (Å²) in [5.74, 6) is 1.03. The summed E-state index contributed by atoms with van der Waals surface area (Å²) < 4.78 is 2.57. The Morgan fingerprint density at radius 3 is 2.18 bits per heavy atom. The molecule has 7 aromatic rings. The van der Waals surface area contributed by atoms with E-state index in [0.29, 0.717) is 0 Å². The molecule has 6 aromatic carbocycles. The van der Waals surface area contributed by atoms with Crippen molar-refractivity contribution < 1.29 is 0 Å². The number of aliphatic imine (C=N–C) groups is 2. The van der Waals surface area contributed by atoms with Crippen molar-refractivity contribution in [2.75, 3.05) is 0 Å². The van der Waals surface area contributed by atoms with Gasteiger partial charge < -0.3 is 9.88 Å². The lowest BCUT2D eigenvalue weighted by Gasteiger charge is -2.39. The predicted molar refractivity (Wildman–Crippen MR) is 283 cm³/mol. The van der Waals surface area contributed by atoms with E-state index in [4.69, 9.17) is 9.98 Å². The molecule has 6 aliphatic rings. The van der Waals surface area contributed by atoms with Gasteiger partial charge in [0.1, 0.15) is 12.0 Å². The average Bonchev–Trinajstić information content (AvgIpc) is 3.98. The molecule has 0 saturated carbocycles. The summed E-state index contributed by atoms with van der Waals surface area (Å²) >= 11 is 2.04. The van der Waals surface area contributed by atoms with Crippen LogP contribution in [0, 0.1) is 5.92 Å². The predicted octanol–water partition coefficient (Wildman–Crippen LogP) is 12.7. The fraction of sp³-hybridized carbons (Fsp3) is 0.161. The first-order valence-corrected chi connectivity index (χ1v) is 25.1. The molecule has 3 aliphatic heterocycles. The summed E-state index contributed by atoms with van der Waals surface area (Å²) in [6.07, 6.45) is 25.0. The maximum atomic E-state index is 5.73. The van der Waals surface area contributed by atoms with Crippen LogP contribution in [0.2, 0.25) is 0 Å². The Labute approximate surface area is 402 Å². The van der Waals surface area contributed by atoms with E-state index >= 15 is 0 Å². The van der Waals surface area contributed by atoms with Crippen molar-refractivity contribution in [2.45, 2.75) is 60.1 Å². The van der Waals surface area contributed by atoms with Crippen LogP contribution in [0.25, 0.3) is 46.2 Å². The largest absolute Gasteiger partial charge is 0.354 e. The molecule has 0 fully saturated rings. The second-order valence-electron chi connectivity index (χ2n) is 18.6. The lowest BCUT2D eigenvalue weighted by atomic mass is 9.82. The van der Waals surface area contributed by atoms with Crippen molar-refractivity contribution >= 4 is 53.2 Å². The molecular formula is C62H51N5S. The van der Waals surface area contributed by atoms with Crippen molar-refractivity contribution in [1.82, 2.24) is 15.2 Å². The van der Waals surface area contributed by atoms with Gasteiger partial charge in [-0.25, -0.2) is 4.99 Å². The fourth-order valence-electron chi connectivity index (χ4n) is 11.3. The molecule has 0 saturated heterocycles. The number of fused-ring (bicyclic) bond motifs is 7. The molecule has 3 aliphatic carbocycles. The Kier molecular flexibility index (Phi) is 10.5. The van der Waals surface area contributed by atoms with Crippen LogP contribution in [0.4, 0.5) is 0 Å². The van der Waals surface area contributed by atoms with Gasteiger partial charge in [-0.05, 0) is 106 Å². The van der Waals surface area contributed by atoms with Gasteiger partial charge in [0, 0.05) is 56.0 Å². The maximum absolute atomic E-state index is 5.73. The van der Waals surface area contributed by atoms with E-state index in [1.165, 1.54) is 71.4 Å². The lowest BCUT2D eigenvalue weighted by molar-refractivity contribution is 0.296. The van der Waals surface area contributed by atoms with E-state index < -0.39 is 0 Å². The lowest BCUT2D eigenvalue weighted by Crippen LogP contribution is -2.56. The number of benzene rings is 6. The highest BCUT2D eigenvalue weighted by Crippen LogP contribution is 2.60. The van der Waals surface area contributed by atoms with Crippen LogP contribution in [0.5, 0.6) is 0 Å². The van der Waals surface area contributed by atoms with Gasteiger partial charge >= 0.3 is 0 Å². The summed E-state index contributed by atoms with van der Waals surface area (Å²) in [4.78, 5) is 12.4. The van der Waals surface area contributed by atoms with E-state index in [1.807, 2.05) is 11.8 Å².